The van der Waals surface area contributed by atoms with Crippen LogP contribution in [0.2, 0.25) is 5.02 Å². The van der Waals surface area contributed by atoms with Crippen LogP contribution in [0.4, 0.5) is 0 Å². The van der Waals surface area contributed by atoms with Crippen LogP contribution in [0.15, 0.2) is 84.9 Å². The van der Waals surface area contributed by atoms with Crippen molar-refractivity contribution in [3.05, 3.63) is 107 Å². The molecule has 0 fully saturated rings. The zero-order valence-corrected chi connectivity index (χ0v) is 18.5. The molecule has 2 amide bonds. The lowest BCUT2D eigenvalue weighted by Gasteiger charge is -2.29. The fourth-order valence-corrected chi connectivity index (χ4v) is 3.67. The minimum absolute atomic E-state index is 0.0211. The average Bonchev–Trinajstić information content (AvgIpc) is 2.78. The number of halogens is 1. The van der Waals surface area contributed by atoms with E-state index in [0.717, 1.165) is 11.1 Å². The normalized spacial score (nSPS) is 11.7. The molecule has 3 aromatic carbocycles. The highest BCUT2D eigenvalue weighted by Crippen LogP contribution is 2.22. The summed E-state index contributed by atoms with van der Waals surface area (Å²) >= 11 is 6.20. The van der Waals surface area contributed by atoms with Crippen LogP contribution in [0.3, 0.4) is 0 Å². The van der Waals surface area contributed by atoms with E-state index in [1.165, 1.54) is 0 Å². The minimum Gasteiger partial charge on any atom is -0.345 e. The molecule has 0 saturated heterocycles. The molecule has 0 heterocycles. The van der Waals surface area contributed by atoms with Gasteiger partial charge in [0.15, 0.2) is 0 Å². The summed E-state index contributed by atoms with van der Waals surface area (Å²) < 4.78 is 0. The van der Waals surface area contributed by atoms with Gasteiger partial charge in [-0.3, -0.25) is 9.59 Å². The summed E-state index contributed by atoms with van der Waals surface area (Å²) in [7, 11) is 0. The van der Waals surface area contributed by atoms with Gasteiger partial charge in [-0.1, -0.05) is 84.4 Å². The molecule has 0 radical (unpaired) electrons. The summed E-state index contributed by atoms with van der Waals surface area (Å²) in [5.74, 6) is -0.321. The van der Waals surface area contributed by atoms with Gasteiger partial charge in [0.25, 0.3) is 5.91 Å². The van der Waals surface area contributed by atoms with Crippen molar-refractivity contribution in [2.45, 2.75) is 38.9 Å². The fourth-order valence-electron chi connectivity index (χ4n) is 3.45. The largest absolute Gasteiger partial charge is 0.345 e. The average molecular weight is 435 g/mol. The second-order valence-corrected chi connectivity index (χ2v) is 8.13. The molecule has 0 aliphatic carbocycles. The highest BCUT2D eigenvalue weighted by molar-refractivity contribution is 6.33. The number of benzene rings is 3. The van der Waals surface area contributed by atoms with E-state index in [1.807, 2.05) is 79.4 Å². The van der Waals surface area contributed by atoms with E-state index < -0.39 is 6.04 Å². The van der Waals surface area contributed by atoms with Crippen LogP contribution >= 0.6 is 11.6 Å². The Bertz CT molecular complexity index is 1010. The van der Waals surface area contributed by atoms with Crippen molar-refractivity contribution in [2.24, 2.45) is 0 Å². The van der Waals surface area contributed by atoms with E-state index in [1.54, 1.807) is 24.3 Å². The topological polar surface area (TPSA) is 49.4 Å². The second kappa shape index (κ2) is 10.8. The molecule has 0 spiro atoms. The van der Waals surface area contributed by atoms with Crippen LogP contribution in [0.25, 0.3) is 0 Å². The molecule has 5 heteroatoms. The molecule has 1 atom stereocenters. The standard InChI is InChI=1S/C26H27ClN2O2/c1-19(2)29(18-20-11-5-3-6-12-20)25(30)17-24(21-13-7-4-8-14-21)28-26(31)22-15-9-10-16-23(22)27/h3-16,19,24H,17-18H2,1-2H3,(H,28,31). The summed E-state index contributed by atoms with van der Waals surface area (Å²) in [5.41, 5.74) is 2.34. The van der Waals surface area contributed by atoms with Crippen LogP contribution in [0.1, 0.15) is 47.8 Å². The maximum Gasteiger partial charge on any atom is 0.253 e. The van der Waals surface area contributed by atoms with E-state index in [9.17, 15) is 9.59 Å². The molecule has 0 saturated carbocycles. The molecule has 0 aliphatic heterocycles. The molecule has 0 aliphatic rings. The first-order valence-corrected chi connectivity index (χ1v) is 10.8. The maximum atomic E-state index is 13.3. The summed E-state index contributed by atoms with van der Waals surface area (Å²) in [4.78, 5) is 28.1. The van der Waals surface area contributed by atoms with Crippen molar-refractivity contribution in [1.29, 1.82) is 0 Å². The second-order valence-electron chi connectivity index (χ2n) is 7.72. The Morgan fingerprint density at radius 2 is 1.45 bits per heavy atom. The molecular formula is C26H27ClN2O2. The first kappa shape index (κ1) is 22.6. The van der Waals surface area contributed by atoms with Crippen LogP contribution in [-0.2, 0) is 11.3 Å². The molecule has 31 heavy (non-hydrogen) atoms. The number of hydrogen-bond donors (Lipinski definition) is 1. The van der Waals surface area contributed by atoms with Crippen molar-refractivity contribution >= 4 is 23.4 Å². The molecule has 3 rings (SSSR count). The van der Waals surface area contributed by atoms with Crippen LogP contribution in [0, 0.1) is 0 Å². The zero-order chi connectivity index (χ0) is 22.2. The van der Waals surface area contributed by atoms with E-state index in [2.05, 4.69) is 5.32 Å². The van der Waals surface area contributed by atoms with Crippen molar-refractivity contribution in [3.63, 3.8) is 0 Å². The monoisotopic (exact) mass is 434 g/mol. The van der Waals surface area contributed by atoms with E-state index in [4.69, 9.17) is 11.6 Å². The van der Waals surface area contributed by atoms with Gasteiger partial charge in [-0.15, -0.1) is 0 Å². The lowest BCUT2D eigenvalue weighted by molar-refractivity contribution is -0.134. The Labute approximate surface area is 188 Å². The third-order valence-electron chi connectivity index (χ3n) is 5.14. The molecular weight excluding hydrogens is 408 g/mol. The van der Waals surface area contributed by atoms with Gasteiger partial charge < -0.3 is 10.2 Å². The van der Waals surface area contributed by atoms with Gasteiger partial charge in [-0.05, 0) is 37.1 Å². The zero-order valence-electron chi connectivity index (χ0n) is 17.8. The Morgan fingerprint density at radius 3 is 2.06 bits per heavy atom. The molecule has 3 aromatic rings. The number of nitrogens with one attached hydrogen (secondary N) is 1. The van der Waals surface area contributed by atoms with Gasteiger partial charge >= 0.3 is 0 Å². The maximum absolute atomic E-state index is 13.3. The predicted octanol–water partition coefficient (Wildman–Crippen LogP) is 5.64. The first-order valence-electron chi connectivity index (χ1n) is 10.4. The number of rotatable bonds is 8. The smallest absolute Gasteiger partial charge is 0.253 e. The first-order chi connectivity index (χ1) is 15.0. The van der Waals surface area contributed by atoms with Gasteiger partial charge in [-0.2, -0.15) is 0 Å². The minimum atomic E-state index is -0.463. The third-order valence-corrected chi connectivity index (χ3v) is 5.47. The van der Waals surface area contributed by atoms with Gasteiger partial charge in [0.1, 0.15) is 0 Å². The van der Waals surface area contributed by atoms with Gasteiger partial charge in [0.2, 0.25) is 5.91 Å². The van der Waals surface area contributed by atoms with Gasteiger partial charge in [-0.25, -0.2) is 0 Å². The number of carbonyl (C=O) groups is 2. The number of amides is 2. The molecule has 4 nitrogen and oxygen atoms in total. The molecule has 1 N–H and O–H groups in total. The quantitative estimate of drug-likeness (QED) is 0.498. The summed E-state index contributed by atoms with van der Waals surface area (Å²) in [6.45, 7) is 4.53. The van der Waals surface area contributed by atoms with E-state index in [-0.39, 0.29) is 24.3 Å². The number of carbonyl (C=O) groups excluding carboxylic acids is 2. The third kappa shape index (κ3) is 6.19. The summed E-state index contributed by atoms with van der Waals surface area (Å²) in [6.07, 6.45) is 0.158. The summed E-state index contributed by atoms with van der Waals surface area (Å²) in [6, 6.07) is 25.9. The van der Waals surface area contributed by atoms with Crippen LogP contribution in [-0.4, -0.2) is 22.8 Å². The number of hydrogen-bond acceptors (Lipinski definition) is 2. The highest BCUT2D eigenvalue weighted by atomic mass is 35.5. The molecule has 0 aromatic heterocycles. The van der Waals surface area contributed by atoms with Gasteiger partial charge in [0.05, 0.1) is 23.0 Å². The van der Waals surface area contributed by atoms with Crippen molar-refractivity contribution in [2.75, 3.05) is 0 Å². The predicted molar refractivity (Wildman–Crippen MR) is 125 cm³/mol. The van der Waals surface area contributed by atoms with Crippen molar-refractivity contribution < 1.29 is 9.59 Å². The van der Waals surface area contributed by atoms with Crippen molar-refractivity contribution in [1.82, 2.24) is 10.2 Å². The summed E-state index contributed by atoms with van der Waals surface area (Å²) in [5, 5.41) is 3.39. The Kier molecular flexibility index (Phi) is 7.85. The lowest BCUT2D eigenvalue weighted by atomic mass is 10.0. The van der Waals surface area contributed by atoms with Crippen molar-refractivity contribution in [3.8, 4) is 0 Å². The Morgan fingerprint density at radius 1 is 0.871 bits per heavy atom. The van der Waals surface area contributed by atoms with Crippen LogP contribution < -0.4 is 5.32 Å². The SMILES string of the molecule is CC(C)N(Cc1ccccc1)C(=O)CC(NC(=O)c1ccccc1Cl)c1ccccc1. The highest BCUT2D eigenvalue weighted by Gasteiger charge is 2.25. The lowest BCUT2D eigenvalue weighted by Crippen LogP contribution is -2.39. The Balaban J connectivity index is 1.81. The van der Waals surface area contributed by atoms with Crippen LogP contribution in [0.5, 0.6) is 0 Å². The van der Waals surface area contributed by atoms with E-state index >= 15 is 0 Å². The number of nitrogens with zero attached hydrogens (tertiary/aromatic N) is 1. The van der Waals surface area contributed by atoms with E-state index in [0.29, 0.717) is 17.1 Å². The molecule has 160 valence electrons. The van der Waals surface area contributed by atoms with Gasteiger partial charge in [0, 0.05) is 12.6 Å². The fraction of sp³-hybridized carbons (Fsp3) is 0.231. The molecule has 0 bridgehead atoms. The molecule has 1 unspecified atom stereocenters. The Hall–Kier alpha value is -3.11.